The normalized spacial score (nSPS) is 22.5. The Morgan fingerprint density at radius 3 is 2.27 bits per heavy atom. The Hall–Kier alpha value is -0.570. The van der Waals surface area contributed by atoms with Crippen molar-refractivity contribution in [1.82, 2.24) is 0 Å². The third-order valence-corrected chi connectivity index (χ3v) is 3.62. The van der Waals surface area contributed by atoms with Gasteiger partial charge in [0.25, 0.3) is 0 Å². The summed E-state index contributed by atoms with van der Waals surface area (Å²) >= 11 is 0. The summed E-state index contributed by atoms with van der Waals surface area (Å²) in [4.78, 5) is 11.7. The van der Waals surface area contributed by atoms with Crippen molar-refractivity contribution in [2.75, 3.05) is 7.11 Å². The van der Waals surface area contributed by atoms with Gasteiger partial charge in [-0.05, 0) is 24.7 Å². The number of methoxy groups -OCH3 is 1. The zero-order chi connectivity index (χ0) is 11.5. The van der Waals surface area contributed by atoms with Crippen molar-refractivity contribution >= 4 is 5.97 Å². The molecule has 1 N–H and O–H groups in total. The molecular weight excluding hydrogens is 192 g/mol. The summed E-state index contributed by atoms with van der Waals surface area (Å²) in [5.74, 6) is -0.490. The minimum absolute atomic E-state index is 0.0682. The van der Waals surface area contributed by atoms with Crippen LogP contribution in [0, 0.1) is 11.8 Å². The van der Waals surface area contributed by atoms with Crippen LogP contribution in [0.25, 0.3) is 0 Å². The predicted octanol–water partition coefficient (Wildman–Crippen LogP) is 2.13. The van der Waals surface area contributed by atoms with E-state index in [4.69, 9.17) is 4.74 Å². The minimum atomic E-state index is -1.28. The second-order valence-electron chi connectivity index (χ2n) is 4.81. The van der Waals surface area contributed by atoms with Crippen LogP contribution in [0.4, 0.5) is 0 Å². The standard InChI is InChI=1S/C12H22O3/c1-9(2)12(14,11(13)15-3)10-7-5-4-6-8-10/h9-10,14H,4-8H2,1-3H3. The molecule has 0 amide bonds. The molecule has 1 unspecified atom stereocenters. The number of rotatable bonds is 3. The van der Waals surface area contributed by atoms with Gasteiger partial charge in [-0.3, -0.25) is 0 Å². The fourth-order valence-electron chi connectivity index (χ4n) is 2.58. The van der Waals surface area contributed by atoms with Crippen molar-refractivity contribution in [3.63, 3.8) is 0 Å². The number of carbonyl (C=O) groups is 1. The van der Waals surface area contributed by atoms with Crippen LogP contribution < -0.4 is 0 Å². The highest BCUT2D eigenvalue weighted by molar-refractivity contribution is 5.80. The number of hydrogen-bond donors (Lipinski definition) is 1. The van der Waals surface area contributed by atoms with Gasteiger partial charge in [-0.25, -0.2) is 4.79 Å². The lowest BCUT2D eigenvalue weighted by Crippen LogP contribution is -2.51. The van der Waals surface area contributed by atoms with Gasteiger partial charge >= 0.3 is 5.97 Å². The molecule has 0 spiro atoms. The second kappa shape index (κ2) is 4.97. The van der Waals surface area contributed by atoms with E-state index in [0.29, 0.717) is 0 Å². The van der Waals surface area contributed by atoms with Gasteiger partial charge in [0.2, 0.25) is 0 Å². The Bertz CT molecular complexity index is 219. The summed E-state index contributed by atoms with van der Waals surface area (Å²) in [6.07, 6.45) is 5.30. The summed E-state index contributed by atoms with van der Waals surface area (Å²) in [6, 6.07) is 0. The average Bonchev–Trinajstić information content (AvgIpc) is 2.27. The smallest absolute Gasteiger partial charge is 0.338 e. The molecule has 0 aromatic carbocycles. The molecule has 0 aromatic heterocycles. The summed E-state index contributed by atoms with van der Waals surface area (Å²) in [5, 5.41) is 10.5. The van der Waals surface area contributed by atoms with Gasteiger partial charge in [-0.2, -0.15) is 0 Å². The van der Waals surface area contributed by atoms with E-state index in [9.17, 15) is 9.90 Å². The molecule has 0 aliphatic heterocycles. The van der Waals surface area contributed by atoms with Gasteiger partial charge in [0.05, 0.1) is 7.11 Å². The quantitative estimate of drug-likeness (QED) is 0.732. The summed E-state index contributed by atoms with van der Waals surface area (Å²) in [5.41, 5.74) is -1.28. The number of aliphatic hydroxyl groups is 1. The lowest BCUT2D eigenvalue weighted by Gasteiger charge is -2.38. The van der Waals surface area contributed by atoms with E-state index in [1.807, 2.05) is 13.8 Å². The Kier molecular flexibility index (Phi) is 4.14. The first-order chi connectivity index (χ1) is 7.03. The second-order valence-corrected chi connectivity index (χ2v) is 4.81. The molecule has 0 heterocycles. The van der Waals surface area contributed by atoms with E-state index in [-0.39, 0.29) is 11.8 Å². The van der Waals surface area contributed by atoms with Gasteiger partial charge in [0.15, 0.2) is 5.60 Å². The molecule has 0 bridgehead atoms. The molecule has 15 heavy (non-hydrogen) atoms. The first-order valence-corrected chi connectivity index (χ1v) is 5.84. The fourth-order valence-corrected chi connectivity index (χ4v) is 2.58. The molecule has 3 heteroatoms. The van der Waals surface area contributed by atoms with Crippen molar-refractivity contribution in [2.45, 2.75) is 51.6 Å². The van der Waals surface area contributed by atoms with Gasteiger partial charge in [-0.15, -0.1) is 0 Å². The Balaban J connectivity index is 2.83. The van der Waals surface area contributed by atoms with Gasteiger partial charge < -0.3 is 9.84 Å². The van der Waals surface area contributed by atoms with Crippen LogP contribution in [0.3, 0.4) is 0 Å². The van der Waals surface area contributed by atoms with Crippen molar-refractivity contribution in [1.29, 1.82) is 0 Å². The van der Waals surface area contributed by atoms with Crippen LogP contribution in [0.2, 0.25) is 0 Å². The summed E-state index contributed by atoms with van der Waals surface area (Å²) in [7, 11) is 1.35. The van der Waals surface area contributed by atoms with Crippen molar-refractivity contribution in [3.05, 3.63) is 0 Å². The Morgan fingerprint density at radius 1 is 1.33 bits per heavy atom. The van der Waals surface area contributed by atoms with E-state index in [1.165, 1.54) is 13.5 Å². The maximum Gasteiger partial charge on any atom is 0.338 e. The maximum absolute atomic E-state index is 11.7. The Labute approximate surface area is 91.8 Å². The van der Waals surface area contributed by atoms with Crippen LogP contribution in [0.15, 0.2) is 0 Å². The number of ether oxygens (including phenoxy) is 1. The van der Waals surface area contributed by atoms with Crippen molar-refractivity contribution < 1.29 is 14.6 Å². The molecule has 3 nitrogen and oxygen atoms in total. The van der Waals surface area contributed by atoms with Crippen molar-refractivity contribution in [2.24, 2.45) is 11.8 Å². The first-order valence-electron chi connectivity index (χ1n) is 5.84. The lowest BCUT2D eigenvalue weighted by molar-refractivity contribution is -0.177. The molecule has 1 saturated carbocycles. The van der Waals surface area contributed by atoms with Gasteiger partial charge in [0, 0.05) is 0 Å². The Morgan fingerprint density at radius 2 is 1.87 bits per heavy atom. The fraction of sp³-hybridized carbons (Fsp3) is 0.917. The van der Waals surface area contributed by atoms with Gasteiger partial charge in [-0.1, -0.05) is 33.1 Å². The molecule has 0 saturated heterocycles. The number of carbonyl (C=O) groups excluding carboxylic acids is 1. The van der Waals surface area contributed by atoms with Crippen LogP contribution in [0.5, 0.6) is 0 Å². The van der Waals surface area contributed by atoms with Gasteiger partial charge in [0.1, 0.15) is 0 Å². The molecule has 1 rings (SSSR count). The minimum Gasteiger partial charge on any atom is -0.467 e. The van der Waals surface area contributed by atoms with Crippen LogP contribution in [-0.4, -0.2) is 23.8 Å². The largest absolute Gasteiger partial charge is 0.467 e. The molecule has 0 radical (unpaired) electrons. The van der Waals surface area contributed by atoms with Crippen LogP contribution in [-0.2, 0) is 9.53 Å². The highest BCUT2D eigenvalue weighted by Gasteiger charge is 2.47. The van der Waals surface area contributed by atoms with E-state index < -0.39 is 11.6 Å². The third kappa shape index (κ3) is 2.33. The topological polar surface area (TPSA) is 46.5 Å². The zero-order valence-electron chi connectivity index (χ0n) is 9.95. The summed E-state index contributed by atoms with van der Waals surface area (Å²) < 4.78 is 4.74. The maximum atomic E-state index is 11.7. The molecule has 88 valence electrons. The zero-order valence-corrected chi connectivity index (χ0v) is 9.95. The van der Waals surface area contributed by atoms with Crippen LogP contribution in [0.1, 0.15) is 46.0 Å². The van der Waals surface area contributed by atoms with Crippen molar-refractivity contribution in [3.8, 4) is 0 Å². The molecule has 1 aliphatic rings. The summed E-state index contributed by atoms with van der Waals surface area (Å²) in [6.45, 7) is 3.76. The highest BCUT2D eigenvalue weighted by Crippen LogP contribution is 2.37. The average molecular weight is 214 g/mol. The molecular formula is C12H22O3. The van der Waals surface area contributed by atoms with E-state index >= 15 is 0 Å². The lowest BCUT2D eigenvalue weighted by atomic mass is 9.71. The highest BCUT2D eigenvalue weighted by atomic mass is 16.5. The molecule has 1 atom stereocenters. The van der Waals surface area contributed by atoms with Crippen LogP contribution >= 0.6 is 0 Å². The van der Waals surface area contributed by atoms with E-state index in [2.05, 4.69) is 0 Å². The molecule has 1 fully saturated rings. The SMILES string of the molecule is COC(=O)C(O)(C(C)C)C1CCCCC1. The molecule has 0 aromatic rings. The van der Waals surface area contributed by atoms with E-state index in [1.54, 1.807) is 0 Å². The number of hydrogen-bond acceptors (Lipinski definition) is 3. The first kappa shape index (κ1) is 12.5. The monoisotopic (exact) mass is 214 g/mol. The molecule has 1 aliphatic carbocycles. The number of esters is 1. The predicted molar refractivity (Wildman–Crippen MR) is 58.4 cm³/mol. The third-order valence-electron chi connectivity index (χ3n) is 3.62. The van der Waals surface area contributed by atoms with E-state index in [0.717, 1.165) is 25.7 Å².